The highest BCUT2D eigenvalue weighted by molar-refractivity contribution is 5.85. The standard InChI is InChI=1S/C17H19N3/c1-12(2)20-7-5-14(6-8-20)16-11-19-17-9-13(10-18)3-4-15(16)17/h3-4,9,11,14,19H,1,5-8H2,2H3. The third kappa shape index (κ3) is 2.18. The average molecular weight is 265 g/mol. The minimum absolute atomic E-state index is 0.604. The minimum Gasteiger partial charge on any atom is -0.375 e. The number of nitrogens with zero attached hydrogens (tertiary/aromatic N) is 2. The Bertz CT molecular complexity index is 682. The van der Waals surface area contributed by atoms with E-state index in [4.69, 9.17) is 5.26 Å². The zero-order chi connectivity index (χ0) is 14.1. The molecule has 2 heterocycles. The molecular formula is C17H19N3. The maximum atomic E-state index is 8.96. The summed E-state index contributed by atoms with van der Waals surface area (Å²) in [7, 11) is 0. The van der Waals surface area contributed by atoms with E-state index in [1.165, 1.54) is 29.5 Å². The summed E-state index contributed by atoms with van der Waals surface area (Å²) in [6.07, 6.45) is 4.45. The fourth-order valence-corrected chi connectivity index (χ4v) is 3.13. The number of aromatic amines is 1. The largest absolute Gasteiger partial charge is 0.375 e. The lowest BCUT2D eigenvalue weighted by atomic mass is 9.89. The third-order valence-corrected chi connectivity index (χ3v) is 4.32. The number of benzene rings is 1. The van der Waals surface area contributed by atoms with Gasteiger partial charge in [-0.15, -0.1) is 0 Å². The molecule has 0 radical (unpaired) electrons. The molecule has 3 nitrogen and oxygen atoms in total. The van der Waals surface area contributed by atoms with Crippen LogP contribution in [0.3, 0.4) is 0 Å². The average Bonchev–Trinajstić information content (AvgIpc) is 2.90. The van der Waals surface area contributed by atoms with Gasteiger partial charge in [0.1, 0.15) is 0 Å². The van der Waals surface area contributed by atoms with E-state index < -0.39 is 0 Å². The summed E-state index contributed by atoms with van der Waals surface area (Å²) < 4.78 is 0. The van der Waals surface area contributed by atoms with Gasteiger partial charge in [-0.05, 0) is 43.4 Å². The Balaban J connectivity index is 1.85. The van der Waals surface area contributed by atoms with Gasteiger partial charge in [-0.3, -0.25) is 0 Å². The molecule has 1 saturated heterocycles. The number of hydrogen-bond acceptors (Lipinski definition) is 2. The molecule has 3 heteroatoms. The highest BCUT2D eigenvalue weighted by Crippen LogP contribution is 2.34. The number of aromatic nitrogens is 1. The number of likely N-dealkylation sites (tertiary alicyclic amines) is 1. The summed E-state index contributed by atoms with van der Waals surface area (Å²) in [4.78, 5) is 5.67. The molecule has 0 bridgehead atoms. The third-order valence-electron chi connectivity index (χ3n) is 4.32. The summed E-state index contributed by atoms with van der Waals surface area (Å²) in [5, 5.41) is 10.2. The van der Waals surface area contributed by atoms with Crippen LogP contribution in [0.25, 0.3) is 10.9 Å². The van der Waals surface area contributed by atoms with E-state index in [9.17, 15) is 0 Å². The Morgan fingerprint density at radius 1 is 1.40 bits per heavy atom. The normalized spacial score (nSPS) is 16.3. The van der Waals surface area contributed by atoms with E-state index in [1.807, 2.05) is 12.1 Å². The Morgan fingerprint density at radius 3 is 2.80 bits per heavy atom. The molecule has 102 valence electrons. The van der Waals surface area contributed by atoms with Gasteiger partial charge in [0.25, 0.3) is 0 Å². The van der Waals surface area contributed by atoms with Crippen molar-refractivity contribution in [3.8, 4) is 6.07 Å². The zero-order valence-corrected chi connectivity index (χ0v) is 11.8. The van der Waals surface area contributed by atoms with E-state index in [0.29, 0.717) is 11.5 Å². The van der Waals surface area contributed by atoms with Crippen molar-refractivity contribution < 1.29 is 0 Å². The lowest BCUT2D eigenvalue weighted by Crippen LogP contribution is -2.31. The summed E-state index contributed by atoms with van der Waals surface area (Å²) in [5.41, 5.74) is 4.34. The lowest BCUT2D eigenvalue weighted by molar-refractivity contribution is 0.265. The van der Waals surface area contributed by atoms with Crippen LogP contribution in [0.4, 0.5) is 0 Å². The maximum Gasteiger partial charge on any atom is 0.0992 e. The van der Waals surface area contributed by atoms with Crippen LogP contribution in [0.15, 0.2) is 36.7 Å². The molecular weight excluding hydrogens is 246 g/mol. The van der Waals surface area contributed by atoms with Crippen molar-refractivity contribution in [3.05, 3.63) is 47.8 Å². The fourth-order valence-electron chi connectivity index (χ4n) is 3.13. The van der Waals surface area contributed by atoms with Crippen LogP contribution in [-0.2, 0) is 0 Å². The number of H-pyrrole nitrogens is 1. The molecule has 1 aromatic carbocycles. The Hall–Kier alpha value is -2.21. The SMILES string of the molecule is C=C(C)N1CCC(c2c[nH]c3cc(C#N)ccc23)CC1. The van der Waals surface area contributed by atoms with Crippen LogP contribution in [0, 0.1) is 11.3 Å². The van der Waals surface area contributed by atoms with Crippen LogP contribution in [0.2, 0.25) is 0 Å². The Kier molecular flexibility index (Phi) is 3.23. The van der Waals surface area contributed by atoms with E-state index in [0.717, 1.165) is 18.6 Å². The molecule has 0 unspecified atom stereocenters. The van der Waals surface area contributed by atoms with Gasteiger partial charge in [0.15, 0.2) is 0 Å². The first kappa shape index (κ1) is 12.8. The molecule has 1 aliphatic heterocycles. The smallest absolute Gasteiger partial charge is 0.0992 e. The first-order valence-corrected chi connectivity index (χ1v) is 7.10. The first-order valence-electron chi connectivity index (χ1n) is 7.10. The fraction of sp³-hybridized carbons (Fsp3) is 0.353. The van der Waals surface area contributed by atoms with E-state index in [1.54, 1.807) is 0 Å². The number of hydrogen-bond donors (Lipinski definition) is 1. The van der Waals surface area contributed by atoms with Gasteiger partial charge >= 0.3 is 0 Å². The summed E-state index contributed by atoms with van der Waals surface area (Å²) in [5.74, 6) is 0.604. The molecule has 0 amide bonds. The number of piperidine rings is 1. The van der Waals surface area contributed by atoms with Crippen molar-refractivity contribution in [1.82, 2.24) is 9.88 Å². The summed E-state index contributed by atoms with van der Waals surface area (Å²) >= 11 is 0. The van der Waals surface area contributed by atoms with Crippen molar-refractivity contribution >= 4 is 10.9 Å². The predicted molar refractivity (Wildman–Crippen MR) is 81.4 cm³/mol. The number of nitriles is 1. The molecule has 2 aromatic rings. The van der Waals surface area contributed by atoms with Crippen LogP contribution >= 0.6 is 0 Å². The second kappa shape index (κ2) is 5.05. The zero-order valence-electron chi connectivity index (χ0n) is 11.8. The van der Waals surface area contributed by atoms with E-state index in [2.05, 4.69) is 41.7 Å². The van der Waals surface area contributed by atoms with Crippen LogP contribution < -0.4 is 0 Å². The van der Waals surface area contributed by atoms with Gasteiger partial charge in [-0.1, -0.05) is 12.6 Å². The van der Waals surface area contributed by atoms with Crippen molar-refractivity contribution in [2.24, 2.45) is 0 Å². The molecule has 1 fully saturated rings. The van der Waals surface area contributed by atoms with Gasteiger partial charge in [-0.2, -0.15) is 5.26 Å². The Labute approximate surface area is 119 Å². The van der Waals surface area contributed by atoms with Crippen molar-refractivity contribution in [2.75, 3.05) is 13.1 Å². The molecule has 0 atom stereocenters. The van der Waals surface area contributed by atoms with Crippen molar-refractivity contribution in [1.29, 1.82) is 5.26 Å². The first-order chi connectivity index (χ1) is 9.69. The van der Waals surface area contributed by atoms with Crippen molar-refractivity contribution in [2.45, 2.75) is 25.7 Å². The number of allylic oxidation sites excluding steroid dienone is 1. The van der Waals surface area contributed by atoms with Crippen LogP contribution in [0.5, 0.6) is 0 Å². The van der Waals surface area contributed by atoms with Crippen LogP contribution in [-0.4, -0.2) is 23.0 Å². The lowest BCUT2D eigenvalue weighted by Gasteiger charge is -2.33. The highest BCUT2D eigenvalue weighted by Gasteiger charge is 2.22. The summed E-state index contributed by atoms with van der Waals surface area (Å²) in [6, 6.07) is 8.10. The number of nitrogens with one attached hydrogen (secondary N) is 1. The van der Waals surface area contributed by atoms with Gasteiger partial charge in [0.2, 0.25) is 0 Å². The monoisotopic (exact) mass is 265 g/mol. The molecule has 1 aromatic heterocycles. The highest BCUT2D eigenvalue weighted by atomic mass is 15.1. The van der Waals surface area contributed by atoms with E-state index >= 15 is 0 Å². The van der Waals surface area contributed by atoms with E-state index in [-0.39, 0.29) is 0 Å². The quantitative estimate of drug-likeness (QED) is 0.898. The minimum atomic E-state index is 0.604. The van der Waals surface area contributed by atoms with Gasteiger partial charge in [0.05, 0.1) is 11.6 Å². The summed E-state index contributed by atoms with van der Waals surface area (Å²) in [6.45, 7) is 8.28. The number of rotatable bonds is 2. The van der Waals surface area contributed by atoms with Gasteiger partial charge in [-0.25, -0.2) is 0 Å². The molecule has 1 N–H and O–H groups in total. The molecule has 0 saturated carbocycles. The number of fused-ring (bicyclic) bond motifs is 1. The molecule has 3 rings (SSSR count). The predicted octanol–water partition coefficient (Wildman–Crippen LogP) is 3.75. The van der Waals surface area contributed by atoms with Crippen molar-refractivity contribution in [3.63, 3.8) is 0 Å². The van der Waals surface area contributed by atoms with Crippen LogP contribution in [0.1, 0.15) is 36.8 Å². The Morgan fingerprint density at radius 2 is 2.15 bits per heavy atom. The molecule has 0 aliphatic carbocycles. The van der Waals surface area contributed by atoms with Gasteiger partial charge in [0, 0.05) is 35.9 Å². The molecule has 0 spiro atoms. The second-order valence-corrected chi connectivity index (χ2v) is 5.61. The molecule has 1 aliphatic rings. The van der Waals surface area contributed by atoms with Gasteiger partial charge < -0.3 is 9.88 Å². The maximum absolute atomic E-state index is 8.96. The topological polar surface area (TPSA) is 42.8 Å². The molecule has 20 heavy (non-hydrogen) atoms. The second-order valence-electron chi connectivity index (χ2n) is 5.61.